The molecule has 0 aliphatic rings. The van der Waals surface area contributed by atoms with Gasteiger partial charge in [0.15, 0.2) is 0 Å². The monoisotopic (exact) mass is 274 g/mol. The van der Waals surface area contributed by atoms with Crippen molar-refractivity contribution in [1.29, 1.82) is 0 Å². The number of anilines is 2. The largest absolute Gasteiger partial charge is 0.397 e. The number of nitrogens with two attached hydrogens (primary N) is 3. The molecule has 0 radical (unpaired) electrons. The summed E-state index contributed by atoms with van der Waals surface area (Å²) in [6.45, 7) is -0.131. The lowest BCUT2D eigenvalue weighted by Crippen LogP contribution is -2.34. The van der Waals surface area contributed by atoms with E-state index in [1.807, 2.05) is 0 Å². The van der Waals surface area contributed by atoms with Crippen LogP contribution in [-0.2, 0) is 14.8 Å². The molecule has 8 nitrogen and oxygen atoms in total. The van der Waals surface area contributed by atoms with Crippen LogP contribution in [0.4, 0.5) is 11.4 Å². The summed E-state index contributed by atoms with van der Waals surface area (Å²) in [5, 5.41) is 16.8. The molecule has 0 aromatic heterocycles. The van der Waals surface area contributed by atoms with Gasteiger partial charge in [-0.1, -0.05) is 0 Å². The molecule has 8 N–H and O–H groups in total. The van der Waals surface area contributed by atoms with Crippen molar-refractivity contribution >= 4 is 27.3 Å². The van der Waals surface area contributed by atoms with Crippen molar-refractivity contribution in [2.75, 3.05) is 17.6 Å². The van der Waals surface area contributed by atoms with Gasteiger partial charge >= 0.3 is 0 Å². The van der Waals surface area contributed by atoms with Gasteiger partial charge in [0, 0.05) is 6.54 Å². The minimum atomic E-state index is -3.82. The maximum atomic E-state index is 11.1. The molecular weight excluding hydrogens is 260 g/mol. The SMILES string of the molecule is NC(=O)C(O)CNc1ccc(S(N)(=O)=O)cc1N. The van der Waals surface area contributed by atoms with Gasteiger partial charge < -0.3 is 21.9 Å². The predicted molar refractivity (Wildman–Crippen MR) is 65.9 cm³/mol. The first kappa shape index (κ1) is 14.2. The maximum absolute atomic E-state index is 11.1. The van der Waals surface area contributed by atoms with E-state index in [0.717, 1.165) is 0 Å². The summed E-state index contributed by atoms with van der Waals surface area (Å²) in [5.41, 5.74) is 11.0. The molecule has 1 unspecified atom stereocenters. The van der Waals surface area contributed by atoms with E-state index in [2.05, 4.69) is 5.32 Å². The molecule has 1 rings (SSSR count). The van der Waals surface area contributed by atoms with Crippen LogP contribution in [0.2, 0.25) is 0 Å². The molecule has 1 atom stereocenters. The fourth-order valence-electron chi connectivity index (χ4n) is 1.19. The smallest absolute Gasteiger partial charge is 0.248 e. The van der Waals surface area contributed by atoms with Gasteiger partial charge in [0.05, 0.1) is 16.3 Å². The van der Waals surface area contributed by atoms with Gasteiger partial charge in [0.25, 0.3) is 0 Å². The Kier molecular flexibility index (Phi) is 4.11. The van der Waals surface area contributed by atoms with Gasteiger partial charge in [-0.3, -0.25) is 4.79 Å². The third-order valence-corrected chi connectivity index (χ3v) is 3.08. The van der Waals surface area contributed by atoms with Gasteiger partial charge in [-0.05, 0) is 18.2 Å². The van der Waals surface area contributed by atoms with Crippen LogP contribution in [-0.4, -0.2) is 32.1 Å². The number of sulfonamides is 1. The van der Waals surface area contributed by atoms with Crippen molar-refractivity contribution in [3.05, 3.63) is 18.2 Å². The summed E-state index contributed by atoms with van der Waals surface area (Å²) >= 11 is 0. The lowest BCUT2D eigenvalue weighted by molar-refractivity contribution is -0.125. The average molecular weight is 274 g/mol. The van der Waals surface area contributed by atoms with Crippen molar-refractivity contribution in [3.8, 4) is 0 Å². The van der Waals surface area contributed by atoms with E-state index >= 15 is 0 Å². The summed E-state index contributed by atoms with van der Waals surface area (Å²) in [4.78, 5) is 10.5. The highest BCUT2D eigenvalue weighted by Gasteiger charge is 2.13. The Morgan fingerprint density at radius 2 is 2.06 bits per heavy atom. The molecule has 0 aliphatic heterocycles. The lowest BCUT2D eigenvalue weighted by atomic mass is 10.2. The number of rotatable bonds is 5. The standard InChI is InChI=1S/C9H14N4O4S/c10-6-3-5(18(12,16)17)1-2-7(6)13-4-8(14)9(11)15/h1-3,8,13-14H,4,10H2,(H2,11,15)(H2,12,16,17). The van der Waals surface area contributed by atoms with E-state index in [9.17, 15) is 13.2 Å². The van der Waals surface area contributed by atoms with Crippen LogP contribution < -0.4 is 21.9 Å². The molecule has 18 heavy (non-hydrogen) atoms. The highest BCUT2D eigenvalue weighted by atomic mass is 32.2. The quantitative estimate of drug-likeness (QED) is 0.397. The highest BCUT2D eigenvalue weighted by Crippen LogP contribution is 2.21. The normalized spacial score (nSPS) is 13.0. The molecule has 1 aromatic carbocycles. The topological polar surface area (TPSA) is 162 Å². The Morgan fingerprint density at radius 3 is 2.50 bits per heavy atom. The van der Waals surface area contributed by atoms with Crippen molar-refractivity contribution in [3.63, 3.8) is 0 Å². The van der Waals surface area contributed by atoms with E-state index in [1.54, 1.807) is 0 Å². The molecule has 9 heteroatoms. The number of benzene rings is 1. The first-order chi connectivity index (χ1) is 8.21. The number of aliphatic hydroxyl groups is 1. The zero-order valence-corrected chi connectivity index (χ0v) is 10.1. The van der Waals surface area contributed by atoms with Crippen LogP contribution in [0.5, 0.6) is 0 Å². The molecule has 0 aliphatic carbocycles. The summed E-state index contributed by atoms with van der Waals surface area (Å²) in [5.74, 6) is -0.873. The maximum Gasteiger partial charge on any atom is 0.248 e. The number of nitrogen functional groups attached to an aromatic ring is 1. The zero-order chi connectivity index (χ0) is 13.9. The second-order valence-corrected chi connectivity index (χ2v) is 5.15. The lowest BCUT2D eigenvalue weighted by Gasteiger charge is -2.12. The Hall–Kier alpha value is -1.84. The van der Waals surface area contributed by atoms with Crippen LogP contribution in [0.3, 0.4) is 0 Å². The minimum absolute atomic E-state index is 0.123. The number of amides is 1. The van der Waals surface area contributed by atoms with Crippen LogP contribution in [0.15, 0.2) is 23.1 Å². The van der Waals surface area contributed by atoms with Gasteiger partial charge in [-0.2, -0.15) is 0 Å². The van der Waals surface area contributed by atoms with E-state index in [1.165, 1.54) is 18.2 Å². The van der Waals surface area contributed by atoms with Crippen LogP contribution in [0, 0.1) is 0 Å². The number of primary amides is 1. The van der Waals surface area contributed by atoms with Crippen molar-refractivity contribution in [2.45, 2.75) is 11.0 Å². The summed E-state index contributed by atoms with van der Waals surface area (Å²) in [7, 11) is -3.82. The first-order valence-corrected chi connectivity index (χ1v) is 6.40. The molecule has 0 saturated heterocycles. The number of primary sulfonamides is 1. The molecule has 100 valence electrons. The summed E-state index contributed by atoms with van der Waals surface area (Å²) in [6, 6.07) is 3.81. The van der Waals surface area contributed by atoms with Gasteiger partial charge in [-0.25, -0.2) is 13.6 Å². The number of aliphatic hydroxyl groups excluding tert-OH is 1. The molecule has 1 aromatic rings. The highest BCUT2D eigenvalue weighted by molar-refractivity contribution is 7.89. The Morgan fingerprint density at radius 1 is 1.44 bits per heavy atom. The zero-order valence-electron chi connectivity index (χ0n) is 9.33. The number of hydrogen-bond donors (Lipinski definition) is 5. The van der Waals surface area contributed by atoms with Crippen molar-refractivity contribution < 1.29 is 18.3 Å². The van der Waals surface area contributed by atoms with Crippen LogP contribution in [0.25, 0.3) is 0 Å². The molecule has 0 fully saturated rings. The van der Waals surface area contributed by atoms with Crippen molar-refractivity contribution in [1.82, 2.24) is 0 Å². The second kappa shape index (κ2) is 5.21. The molecule has 0 bridgehead atoms. The molecule has 0 spiro atoms. The van der Waals surface area contributed by atoms with E-state index in [0.29, 0.717) is 5.69 Å². The first-order valence-electron chi connectivity index (χ1n) is 4.85. The fraction of sp³-hybridized carbons (Fsp3) is 0.222. The van der Waals surface area contributed by atoms with Crippen LogP contribution in [0.1, 0.15) is 0 Å². The summed E-state index contributed by atoms with van der Waals surface area (Å²) < 4.78 is 22.1. The predicted octanol–water partition coefficient (Wildman–Crippen LogP) is -1.83. The number of nitrogens with one attached hydrogen (secondary N) is 1. The molecule has 1 amide bonds. The summed E-state index contributed by atoms with van der Waals surface area (Å²) in [6.07, 6.45) is -1.36. The number of hydrogen-bond acceptors (Lipinski definition) is 6. The average Bonchev–Trinajstić information content (AvgIpc) is 2.25. The van der Waals surface area contributed by atoms with Crippen LogP contribution >= 0.6 is 0 Å². The van der Waals surface area contributed by atoms with Gasteiger partial charge in [-0.15, -0.1) is 0 Å². The third kappa shape index (κ3) is 3.58. The van der Waals surface area contributed by atoms with E-state index < -0.39 is 22.0 Å². The second-order valence-electron chi connectivity index (χ2n) is 3.59. The number of carbonyl (C=O) groups is 1. The molecular formula is C9H14N4O4S. The number of carbonyl (C=O) groups excluding carboxylic acids is 1. The van der Waals surface area contributed by atoms with Crippen molar-refractivity contribution in [2.24, 2.45) is 10.9 Å². The van der Waals surface area contributed by atoms with Gasteiger partial charge in [0.2, 0.25) is 15.9 Å². The van der Waals surface area contributed by atoms with E-state index in [4.69, 9.17) is 21.7 Å². The molecule has 0 saturated carbocycles. The Labute approximate surface area is 104 Å². The fourth-order valence-corrected chi connectivity index (χ4v) is 1.73. The van der Waals surface area contributed by atoms with E-state index in [-0.39, 0.29) is 17.1 Å². The Bertz CT molecular complexity index is 558. The third-order valence-electron chi connectivity index (χ3n) is 2.17. The van der Waals surface area contributed by atoms with Gasteiger partial charge in [0.1, 0.15) is 6.10 Å². The molecule has 0 heterocycles. The Balaban J connectivity index is 2.84. The minimum Gasteiger partial charge on any atom is -0.397 e.